The molecule has 0 aliphatic carbocycles. The normalized spacial score (nSPS) is 14.4. The van der Waals surface area contributed by atoms with Gasteiger partial charge in [0.15, 0.2) is 0 Å². The Kier molecular flexibility index (Phi) is 13.3. The van der Waals surface area contributed by atoms with Crippen molar-refractivity contribution in [3.63, 3.8) is 0 Å². The molecule has 0 fully saturated rings. The van der Waals surface area contributed by atoms with E-state index < -0.39 is 23.6 Å². The van der Waals surface area contributed by atoms with E-state index in [0.717, 1.165) is 85.1 Å². The van der Waals surface area contributed by atoms with Crippen molar-refractivity contribution in [2.75, 3.05) is 32.9 Å². The highest BCUT2D eigenvalue weighted by molar-refractivity contribution is 5.69. The number of esters is 1. The number of carbonyl (C=O) groups excluding carboxylic acids is 1. The van der Waals surface area contributed by atoms with Gasteiger partial charge in [-0.3, -0.25) is 13.9 Å². The third-order valence-corrected chi connectivity index (χ3v) is 7.87. The number of nitrogens with one attached hydrogen (secondary N) is 1. The molecule has 0 bridgehead atoms. The smallest absolute Gasteiger partial charge is 0.336 e. The molecule has 0 unspecified atom stereocenters. The summed E-state index contributed by atoms with van der Waals surface area (Å²) in [5.41, 5.74) is 3.04. The van der Waals surface area contributed by atoms with Crippen LogP contribution >= 0.6 is 0 Å². The van der Waals surface area contributed by atoms with Crippen LogP contribution in [0.3, 0.4) is 0 Å². The van der Waals surface area contributed by atoms with Gasteiger partial charge in [0.25, 0.3) is 0 Å². The SMILES string of the molecule is CCOC(=O)Cn1c(O)cn(-c2cccc(CCCCOCCCCCCNC[C@H](O)c3ccc4c(c3)COC(C)(C)O4)c2)c1=O. The Morgan fingerprint density at radius 3 is 2.65 bits per heavy atom. The molecule has 2 aromatic carbocycles. The number of aliphatic hydroxyl groups excluding tert-OH is 1. The van der Waals surface area contributed by atoms with Gasteiger partial charge in [-0.15, -0.1) is 0 Å². The zero-order chi connectivity index (χ0) is 32.9. The van der Waals surface area contributed by atoms with E-state index in [0.29, 0.717) is 25.4 Å². The summed E-state index contributed by atoms with van der Waals surface area (Å²) >= 11 is 0. The van der Waals surface area contributed by atoms with Crippen LogP contribution in [0.2, 0.25) is 0 Å². The Hall–Kier alpha value is -3.64. The molecule has 3 N–H and O–H groups in total. The maximum atomic E-state index is 12.8. The topological polar surface area (TPSA) is 133 Å². The highest BCUT2D eigenvalue weighted by Gasteiger charge is 2.27. The number of aryl methyl sites for hydroxylation is 1. The summed E-state index contributed by atoms with van der Waals surface area (Å²) in [6.45, 7) is 8.64. The van der Waals surface area contributed by atoms with Crippen molar-refractivity contribution in [1.29, 1.82) is 0 Å². The predicted octanol–water partition coefficient (Wildman–Crippen LogP) is 4.78. The largest absolute Gasteiger partial charge is 0.493 e. The van der Waals surface area contributed by atoms with Gasteiger partial charge in [-0.05, 0) is 81.0 Å². The molecule has 11 heteroatoms. The highest BCUT2D eigenvalue weighted by atomic mass is 16.7. The molecule has 11 nitrogen and oxygen atoms in total. The average Bonchev–Trinajstić information content (AvgIpc) is 3.31. The fourth-order valence-corrected chi connectivity index (χ4v) is 5.36. The Morgan fingerprint density at radius 1 is 1.07 bits per heavy atom. The number of nitrogens with zero attached hydrogens (tertiary/aromatic N) is 2. The summed E-state index contributed by atoms with van der Waals surface area (Å²) in [5, 5.41) is 24.1. The zero-order valence-corrected chi connectivity index (χ0v) is 27.3. The number of hydrogen-bond donors (Lipinski definition) is 3. The van der Waals surface area contributed by atoms with Gasteiger partial charge in [-0.25, -0.2) is 4.79 Å². The first kappa shape index (κ1) is 35.2. The summed E-state index contributed by atoms with van der Waals surface area (Å²) in [7, 11) is 0. The molecular weight excluding hydrogens is 590 g/mol. The molecule has 0 saturated heterocycles. The minimum atomic E-state index is -0.625. The van der Waals surface area contributed by atoms with E-state index in [1.165, 1.54) is 10.8 Å². The first-order valence-corrected chi connectivity index (χ1v) is 16.3. The quantitative estimate of drug-likeness (QED) is 0.125. The first-order chi connectivity index (χ1) is 22.2. The fraction of sp³-hybridized carbons (Fsp3) is 0.543. The molecule has 1 aliphatic rings. The summed E-state index contributed by atoms with van der Waals surface area (Å²) in [4.78, 5) is 24.5. The lowest BCUT2D eigenvalue weighted by Crippen LogP contribution is -2.35. The van der Waals surface area contributed by atoms with Crippen molar-refractivity contribution in [3.8, 4) is 17.3 Å². The number of carbonyl (C=O) groups is 1. The molecule has 4 rings (SSSR count). The summed E-state index contributed by atoms with van der Waals surface area (Å²) in [5.74, 6) is -0.674. The van der Waals surface area contributed by atoms with E-state index in [-0.39, 0.29) is 19.0 Å². The number of ether oxygens (including phenoxy) is 4. The maximum absolute atomic E-state index is 12.8. The van der Waals surface area contributed by atoms with Gasteiger partial charge in [-0.2, -0.15) is 0 Å². The molecular formula is C35H49N3O8. The van der Waals surface area contributed by atoms with Gasteiger partial charge in [0.1, 0.15) is 12.3 Å². The van der Waals surface area contributed by atoms with Gasteiger partial charge in [0, 0.05) is 39.2 Å². The van der Waals surface area contributed by atoms with E-state index in [9.17, 15) is 19.8 Å². The number of unbranched alkanes of at least 4 members (excludes halogenated alkanes) is 4. The van der Waals surface area contributed by atoms with Crippen LogP contribution in [0.25, 0.3) is 5.69 Å². The van der Waals surface area contributed by atoms with E-state index >= 15 is 0 Å². The molecule has 46 heavy (non-hydrogen) atoms. The lowest BCUT2D eigenvalue weighted by molar-refractivity contribution is -0.180. The lowest BCUT2D eigenvalue weighted by Gasteiger charge is -2.33. The monoisotopic (exact) mass is 639 g/mol. The fourth-order valence-electron chi connectivity index (χ4n) is 5.36. The molecule has 252 valence electrons. The van der Waals surface area contributed by atoms with E-state index in [1.807, 2.05) is 50.2 Å². The molecule has 1 aromatic heterocycles. The van der Waals surface area contributed by atoms with Crippen LogP contribution in [-0.2, 0) is 38.6 Å². The van der Waals surface area contributed by atoms with Crippen LogP contribution in [0.1, 0.15) is 82.1 Å². The van der Waals surface area contributed by atoms with Crippen LogP contribution in [0.4, 0.5) is 0 Å². The van der Waals surface area contributed by atoms with Gasteiger partial charge in [-0.1, -0.05) is 31.0 Å². The first-order valence-electron chi connectivity index (χ1n) is 16.3. The molecule has 0 radical (unpaired) electrons. The molecule has 1 atom stereocenters. The molecule has 0 spiro atoms. The van der Waals surface area contributed by atoms with Crippen LogP contribution < -0.4 is 15.7 Å². The third kappa shape index (κ3) is 10.4. The second kappa shape index (κ2) is 17.3. The van der Waals surface area contributed by atoms with Crippen LogP contribution in [0.15, 0.2) is 53.5 Å². The highest BCUT2D eigenvalue weighted by Crippen LogP contribution is 2.32. The second-order valence-electron chi connectivity index (χ2n) is 12.1. The Bertz CT molecular complexity index is 1460. The number of rotatable bonds is 19. The van der Waals surface area contributed by atoms with Crippen molar-refractivity contribution in [1.82, 2.24) is 14.5 Å². The number of hydrogen-bond acceptors (Lipinski definition) is 9. The maximum Gasteiger partial charge on any atom is 0.336 e. The number of imidazole rings is 1. The van der Waals surface area contributed by atoms with Crippen LogP contribution in [0, 0.1) is 0 Å². The minimum Gasteiger partial charge on any atom is -0.493 e. The molecule has 0 amide bonds. The standard InChI is InChI=1S/C35H49N3O8/c1-4-44-33(41)24-38-32(40)23-37(34(38)42)29-14-11-13-26(20-29)12-7-10-19-43-18-9-6-5-8-17-36-22-30(39)27-15-16-31-28(21-27)25-45-35(2,3)46-31/h11,13-16,20-21,23,30,36,39-40H,4-10,12,17-19,22,24-25H2,1-3H3/t30-/m0/s1. The van der Waals surface area contributed by atoms with E-state index in [4.69, 9.17) is 18.9 Å². The number of aromatic hydroxyl groups is 1. The number of fused-ring (bicyclic) bond motifs is 1. The van der Waals surface area contributed by atoms with Gasteiger partial charge in [0.05, 0.1) is 31.2 Å². The van der Waals surface area contributed by atoms with Gasteiger partial charge >= 0.3 is 11.7 Å². The van der Waals surface area contributed by atoms with Crippen LogP contribution in [-0.4, -0.2) is 64.0 Å². The number of benzene rings is 2. The molecule has 0 saturated carbocycles. The van der Waals surface area contributed by atoms with E-state index in [2.05, 4.69) is 5.32 Å². The molecule has 3 aromatic rings. The summed E-state index contributed by atoms with van der Waals surface area (Å²) in [6.07, 6.45) is 7.77. The van der Waals surface area contributed by atoms with E-state index in [1.54, 1.807) is 13.0 Å². The summed E-state index contributed by atoms with van der Waals surface area (Å²) < 4.78 is 24.6. The number of aliphatic hydroxyl groups is 1. The lowest BCUT2D eigenvalue weighted by atomic mass is 10.0. The van der Waals surface area contributed by atoms with Gasteiger partial charge in [0.2, 0.25) is 11.7 Å². The van der Waals surface area contributed by atoms with Crippen molar-refractivity contribution < 1.29 is 34.0 Å². The second-order valence-corrected chi connectivity index (χ2v) is 12.1. The van der Waals surface area contributed by atoms with Crippen molar-refractivity contribution in [2.24, 2.45) is 0 Å². The Balaban J connectivity index is 1.03. The predicted molar refractivity (Wildman–Crippen MR) is 174 cm³/mol. The zero-order valence-electron chi connectivity index (χ0n) is 27.3. The van der Waals surface area contributed by atoms with Crippen LogP contribution in [0.5, 0.6) is 11.6 Å². The third-order valence-electron chi connectivity index (χ3n) is 7.87. The minimum absolute atomic E-state index is 0.207. The number of aromatic nitrogens is 2. The van der Waals surface area contributed by atoms with Crippen molar-refractivity contribution in [3.05, 3.63) is 75.8 Å². The average molecular weight is 640 g/mol. The molecule has 2 heterocycles. The Morgan fingerprint density at radius 2 is 1.85 bits per heavy atom. The van der Waals surface area contributed by atoms with Crippen molar-refractivity contribution in [2.45, 2.75) is 90.8 Å². The molecule has 1 aliphatic heterocycles. The van der Waals surface area contributed by atoms with Gasteiger partial charge < -0.3 is 34.5 Å². The Labute approximate surface area is 271 Å². The van der Waals surface area contributed by atoms with Crippen molar-refractivity contribution >= 4 is 5.97 Å². The summed E-state index contributed by atoms with van der Waals surface area (Å²) in [6, 6.07) is 13.4.